The van der Waals surface area contributed by atoms with Gasteiger partial charge in [-0.05, 0) is 77.0 Å². The van der Waals surface area contributed by atoms with E-state index in [2.05, 4.69) is 57.2 Å². The zero-order valence-corrected chi connectivity index (χ0v) is 44.9. The molecule has 0 heterocycles. The van der Waals surface area contributed by atoms with E-state index in [0.29, 0.717) is 19.3 Å². The van der Waals surface area contributed by atoms with E-state index in [1.165, 1.54) is 205 Å². The van der Waals surface area contributed by atoms with Gasteiger partial charge in [0.1, 0.15) is 13.2 Å². The van der Waals surface area contributed by atoms with E-state index in [0.717, 1.165) is 70.6 Å². The quantitative estimate of drug-likeness (QED) is 0.0262. The van der Waals surface area contributed by atoms with E-state index in [1.54, 1.807) is 0 Å². The van der Waals surface area contributed by atoms with Crippen molar-refractivity contribution in [2.24, 2.45) is 0 Å². The van der Waals surface area contributed by atoms with Gasteiger partial charge in [0.05, 0.1) is 0 Å². The fourth-order valence-electron chi connectivity index (χ4n) is 8.65. The molecule has 1 unspecified atom stereocenters. The van der Waals surface area contributed by atoms with Crippen LogP contribution in [0.5, 0.6) is 0 Å². The van der Waals surface area contributed by atoms with Crippen LogP contribution in [0.15, 0.2) is 36.5 Å². The van der Waals surface area contributed by atoms with Gasteiger partial charge < -0.3 is 14.2 Å². The highest BCUT2D eigenvalue weighted by atomic mass is 16.6. The first-order chi connectivity index (χ1) is 33.0. The molecule has 0 aliphatic heterocycles. The Balaban J connectivity index is 4.35. The van der Waals surface area contributed by atoms with Gasteiger partial charge in [0.25, 0.3) is 0 Å². The van der Waals surface area contributed by atoms with Crippen molar-refractivity contribution in [2.75, 3.05) is 13.2 Å². The molecule has 0 amide bonds. The second-order valence-corrected chi connectivity index (χ2v) is 19.9. The predicted octanol–water partition coefficient (Wildman–Crippen LogP) is 19.7. The standard InChI is InChI=1S/C61H112O6/c1-4-7-10-13-16-19-22-25-27-29-31-33-36-39-42-45-48-51-54-60(63)66-57-58(56-65-59(62)53-50-47-44-41-38-35-24-21-18-15-12-9-6-3)67-61(64)55-52-49-46-43-40-37-34-32-30-28-26-23-20-17-14-11-8-5-2/h19,22,27-30,58H,4-18,20-21,23-26,31-57H2,1-3H3/b22-19-,29-27-,30-28-. The van der Waals surface area contributed by atoms with Crippen LogP contribution in [-0.4, -0.2) is 37.2 Å². The molecule has 0 rings (SSSR count). The number of unbranched alkanes of at least 4 members (excludes halogenated alkanes) is 37. The Morgan fingerprint density at radius 3 is 0.851 bits per heavy atom. The number of rotatable bonds is 54. The van der Waals surface area contributed by atoms with Crippen LogP contribution < -0.4 is 0 Å². The van der Waals surface area contributed by atoms with Crippen LogP contribution >= 0.6 is 0 Å². The van der Waals surface area contributed by atoms with Crippen LogP contribution in [0.4, 0.5) is 0 Å². The molecule has 6 heteroatoms. The average Bonchev–Trinajstić information content (AvgIpc) is 3.33. The molecule has 0 aliphatic carbocycles. The van der Waals surface area contributed by atoms with E-state index in [-0.39, 0.29) is 31.1 Å². The van der Waals surface area contributed by atoms with Crippen LogP contribution in [0.2, 0.25) is 0 Å². The molecule has 0 aromatic carbocycles. The van der Waals surface area contributed by atoms with Crippen molar-refractivity contribution in [3.05, 3.63) is 36.5 Å². The van der Waals surface area contributed by atoms with Gasteiger partial charge in [-0.3, -0.25) is 14.4 Å². The molecule has 67 heavy (non-hydrogen) atoms. The number of esters is 3. The van der Waals surface area contributed by atoms with Crippen molar-refractivity contribution < 1.29 is 28.6 Å². The van der Waals surface area contributed by atoms with Crippen LogP contribution in [0, 0.1) is 0 Å². The molecule has 1 atom stereocenters. The van der Waals surface area contributed by atoms with Gasteiger partial charge in [-0.2, -0.15) is 0 Å². The van der Waals surface area contributed by atoms with Crippen LogP contribution in [0.3, 0.4) is 0 Å². The maximum atomic E-state index is 12.9. The molecule has 0 saturated carbocycles. The van der Waals surface area contributed by atoms with Crippen molar-refractivity contribution in [2.45, 2.75) is 322 Å². The number of hydrogen-bond donors (Lipinski definition) is 0. The highest BCUT2D eigenvalue weighted by molar-refractivity contribution is 5.71. The predicted molar refractivity (Wildman–Crippen MR) is 289 cm³/mol. The van der Waals surface area contributed by atoms with Gasteiger partial charge in [0.2, 0.25) is 0 Å². The number of ether oxygens (including phenoxy) is 3. The van der Waals surface area contributed by atoms with E-state index >= 15 is 0 Å². The largest absolute Gasteiger partial charge is 0.462 e. The summed E-state index contributed by atoms with van der Waals surface area (Å²) < 4.78 is 16.9. The Kier molecular flexibility index (Phi) is 54.2. The molecule has 0 bridgehead atoms. The summed E-state index contributed by atoms with van der Waals surface area (Å²) in [4.78, 5) is 38.2. The molecular formula is C61H112O6. The third-order valence-corrected chi connectivity index (χ3v) is 13.1. The fourth-order valence-corrected chi connectivity index (χ4v) is 8.65. The van der Waals surface area contributed by atoms with Crippen LogP contribution in [0.1, 0.15) is 316 Å². The SMILES string of the molecule is CCCCCC/C=C\C/C=C\CCCCCCCCCC(=O)OCC(COC(=O)CCCCCCCCCCCCCCC)OC(=O)CCCCCCCCC/C=C\CCCCCCCCC. The summed E-state index contributed by atoms with van der Waals surface area (Å²) in [5.74, 6) is -0.867. The van der Waals surface area contributed by atoms with Crippen molar-refractivity contribution >= 4 is 17.9 Å². The zero-order chi connectivity index (χ0) is 48.6. The Bertz CT molecular complexity index is 1130. The summed E-state index contributed by atoms with van der Waals surface area (Å²) in [6.45, 7) is 6.65. The third-order valence-electron chi connectivity index (χ3n) is 13.1. The lowest BCUT2D eigenvalue weighted by Gasteiger charge is -2.18. The maximum Gasteiger partial charge on any atom is 0.306 e. The minimum atomic E-state index is -0.775. The smallest absolute Gasteiger partial charge is 0.306 e. The summed E-state index contributed by atoms with van der Waals surface area (Å²) in [6, 6.07) is 0. The van der Waals surface area contributed by atoms with E-state index < -0.39 is 6.10 Å². The summed E-state index contributed by atoms with van der Waals surface area (Å²) in [7, 11) is 0. The lowest BCUT2D eigenvalue weighted by molar-refractivity contribution is -0.167. The highest BCUT2D eigenvalue weighted by Crippen LogP contribution is 2.16. The molecule has 0 radical (unpaired) electrons. The Morgan fingerprint density at radius 2 is 0.537 bits per heavy atom. The molecule has 0 aromatic rings. The van der Waals surface area contributed by atoms with Gasteiger partial charge >= 0.3 is 17.9 Å². The molecule has 0 aromatic heterocycles. The third kappa shape index (κ3) is 54.4. The highest BCUT2D eigenvalue weighted by Gasteiger charge is 2.19. The van der Waals surface area contributed by atoms with Crippen molar-refractivity contribution in [1.29, 1.82) is 0 Å². The van der Waals surface area contributed by atoms with Crippen LogP contribution in [0.25, 0.3) is 0 Å². The molecule has 0 saturated heterocycles. The second kappa shape index (κ2) is 56.2. The van der Waals surface area contributed by atoms with Crippen LogP contribution in [-0.2, 0) is 28.6 Å². The normalized spacial score (nSPS) is 12.2. The van der Waals surface area contributed by atoms with Crippen molar-refractivity contribution in [3.63, 3.8) is 0 Å². The minimum absolute atomic E-state index is 0.0728. The summed E-state index contributed by atoms with van der Waals surface area (Å²) in [6.07, 6.45) is 67.0. The zero-order valence-electron chi connectivity index (χ0n) is 44.9. The monoisotopic (exact) mass is 941 g/mol. The van der Waals surface area contributed by atoms with Gasteiger partial charge in [0, 0.05) is 19.3 Å². The first-order valence-corrected chi connectivity index (χ1v) is 29.5. The number of hydrogen-bond acceptors (Lipinski definition) is 6. The minimum Gasteiger partial charge on any atom is -0.462 e. The van der Waals surface area contributed by atoms with E-state index in [9.17, 15) is 14.4 Å². The van der Waals surface area contributed by atoms with Gasteiger partial charge in [-0.25, -0.2) is 0 Å². The first-order valence-electron chi connectivity index (χ1n) is 29.5. The summed E-state index contributed by atoms with van der Waals surface area (Å²) in [5, 5.41) is 0. The van der Waals surface area contributed by atoms with Gasteiger partial charge in [-0.1, -0.05) is 256 Å². The second-order valence-electron chi connectivity index (χ2n) is 19.9. The van der Waals surface area contributed by atoms with Crippen molar-refractivity contribution in [1.82, 2.24) is 0 Å². The number of carbonyl (C=O) groups excluding carboxylic acids is 3. The first kappa shape index (κ1) is 64.6. The van der Waals surface area contributed by atoms with Gasteiger partial charge in [-0.15, -0.1) is 0 Å². The molecule has 6 nitrogen and oxygen atoms in total. The van der Waals surface area contributed by atoms with Gasteiger partial charge in [0.15, 0.2) is 6.10 Å². The Labute approximate surface area is 416 Å². The summed E-state index contributed by atoms with van der Waals surface area (Å²) in [5.41, 5.74) is 0. The average molecular weight is 942 g/mol. The topological polar surface area (TPSA) is 78.9 Å². The lowest BCUT2D eigenvalue weighted by Crippen LogP contribution is -2.30. The molecule has 0 fully saturated rings. The Hall–Kier alpha value is -2.37. The number of allylic oxidation sites excluding steroid dienone is 6. The van der Waals surface area contributed by atoms with E-state index in [4.69, 9.17) is 14.2 Å². The van der Waals surface area contributed by atoms with Crippen molar-refractivity contribution in [3.8, 4) is 0 Å². The molecule has 0 aliphatic rings. The maximum absolute atomic E-state index is 12.9. The molecule has 0 spiro atoms. The Morgan fingerprint density at radius 1 is 0.299 bits per heavy atom. The summed E-state index contributed by atoms with van der Waals surface area (Å²) >= 11 is 0. The molecular weight excluding hydrogens is 829 g/mol. The molecule has 392 valence electrons. The molecule has 0 N–H and O–H groups in total. The lowest BCUT2D eigenvalue weighted by atomic mass is 10.0. The van der Waals surface area contributed by atoms with E-state index in [1.807, 2.05) is 0 Å². The fraction of sp³-hybridized carbons (Fsp3) is 0.852. The number of carbonyl (C=O) groups is 3.